The van der Waals surface area contributed by atoms with Gasteiger partial charge in [0.15, 0.2) is 0 Å². The van der Waals surface area contributed by atoms with Crippen LogP contribution in [0.4, 0.5) is 4.79 Å². The lowest BCUT2D eigenvalue weighted by Gasteiger charge is -2.36. The van der Waals surface area contributed by atoms with Gasteiger partial charge in [0.05, 0.1) is 30.4 Å². The molecule has 32 heavy (non-hydrogen) atoms. The Bertz CT molecular complexity index is 805. The van der Waals surface area contributed by atoms with Crippen LogP contribution in [0.5, 0.6) is 0 Å². The molecule has 3 heterocycles. The van der Waals surface area contributed by atoms with Crippen molar-refractivity contribution in [3.63, 3.8) is 0 Å². The summed E-state index contributed by atoms with van der Waals surface area (Å²) in [5, 5.41) is 12.3. The molecule has 0 radical (unpaired) electrons. The molecule has 11 heteroatoms. The fourth-order valence-electron chi connectivity index (χ4n) is 4.75. The van der Waals surface area contributed by atoms with E-state index in [-0.39, 0.29) is 36.9 Å². The second-order valence-corrected chi connectivity index (χ2v) is 8.54. The molecule has 0 aliphatic carbocycles. The molecule has 1 aromatic heterocycles. The van der Waals surface area contributed by atoms with E-state index in [0.717, 1.165) is 25.7 Å². The molecule has 2 aliphatic heterocycles. The summed E-state index contributed by atoms with van der Waals surface area (Å²) < 4.78 is 0. The van der Waals surface area contributed by atoms with E-state index >= 15 is 0 Å². The molecule has 2 saturated heterocycles. The molecule has 0 aromatic carbocycles. The average molecular weight is 449 g/mol. The molecule has 2 bridgehead atoms. The quantitative estimate of drug-likeness (QED) is 0.423. The van der Waals surface area contributed by atoms with Crippen LogP contribution in [0.25, 0.3) is 0 Å². The fourth-order valence-corrected chi connectivity index (χ4v) is 4.75. The number of primary amides is 1. The van der Waals surface area contributed by atoms with Crippen LogP contribution in [-0.4, -0.2) is 62.9 Å². The Morgan fingerprint density at radius 2 is 2.03 bits per heavy atom. The molecule has 2 fully saturated rings. The molecule has 0 unspecified atom stereocenters. The van der Waals surface area contributed by atoms with E-state index in [4.69, 9.17) is 15.6 Å². The summed E-state index contributed by atoms with van der Waals surface area (Å²) in [6, 6.07) is -0.857. The van der Waals surface area contributed by atoms with Crippen molar-refractivity contribution in [1.82, 2.24) is 25.5 Å². The van der Waals surface area contributed by atoms with Crippen molar-refractivity contribution in [3.05, 3.63) is 24.3 Å². The van der Waals surface area contributed by atoms with E-state index in [1.807, 2.05) is 4.90 Å². The maximum Gasteiger partial charge on any atom is 0.312 e. The third-order valence-corrected chi connectivity index (χ3v) is 6.11. The van der Waals surface area contributed by atoms with Gasteiger partial charge in [-0.15, -0.1) is 0 Å². The van der Waals surface area contributed by atoms with Crippen LogP contribution in [0, 0.1) is 11.3 Å². The van der Waals surface area contributed by atoms with Gasteiger partial charge < -0.3 is 26.4 Å². The summed E-state index contributed by atoms with van der Waals surface area (Å²) in [7, 11) is 0. The van der Waals surface area contributed by atoms with Crippen molar-refractivity contribution in [2.24, 2.45) is 17.1 Å². The van der Waals surface area contributed by atoms with Crippen molar-refractivity contribution in [1.29, 1.82) is 0 Å². The lowest BCUT2D eigenvalue weighted by Crippen LogP contribution is -2.51. The second kappa shape index (κ2) is 11.4. The summed E-state index contributed by atoms with van der Waals surface area (Å²) in [6.45, 7) is 4.20. The largest absolute Gasteiger partial charge is 0.483 e. The number of hydrogen-bond acceptors (Lipinski definition) is 6. The molecule has 11 nitrogen and oxygen atoms in total. The van der Waals surface area contributed by atoms with Crippen LogP contribution in [0.2, 0.25) is 0 Å². The number of aromatic nitrogens is 2. The van der Waals surface area contributed by atoms with E-state index < -0.39 is 11.4 Å². The maximum atomic E-state index is 13.4. The summed E-state index contributed by atoms with van der Waals surface area (Å²) in [4.78, 5) is 55.6. The molecule has 0 spiro atoms. The number of rotatable bonds is 8. The van der Waals surface area contributed by atoms with Gasteiger partial charge in [0.25, 0.3) is 6.47 Å². The monoisotopic (exact) mass is 448 g/mol. The maximum absolute atomic E-state index is 13.4. The summed E-state index contributed by atoms with van der Waals surface area (Å²) in [5.41, 5.74) is 5.19. The summed E-state index contributed by atoms with van der Waals surface area (Å²) in [6.07, 6.45) is 8.78. The number of nitrogens with one attached hydrogen (secondary N) is 2. The minimum Gasteiger partial charge on any atom is -0.483 e. The zero-order valence-corrected chi connectivity index (χ0v) is 18.5. The van der Waals surface area contributed by atoms with E-state index in [0.29, 0.717) is 24.6 Å². The molecule has 0 saturated carbocycles. The normalized spacial score (nSPS) is 23.3. The Balaban J connectivity index is 0.00000114. The first-order valence-electron chi connectivity index (χ1n) is 10.7. The lowest BCUT2D eigenvalue weighted by atomic mass is 9.69. The fraction of sp³-hybridized carbons (Fsp3) is 0.619. The molecule has 176 valence electrons. The number of urea groups is 1. The number of carbonyl (C=O) groups excluding carboxylic acids is 3. The number of nitrogens with two attached hydrogens (primary N) is 1. The van der Waals surface area contributed by atoms with Gasteiger partial charge in [-0.05, 0) is 38.0 Å². The van der Waals surface area contributed by atoms with Crippen molar-refractivity contribution in [3.8, 4) is 0 Å². The Morgan fingerprint density at radius 1 is 1.31 bits per heavy atom. The Hall–Kier alpha value is -3.24. The van der Waals surface area contributed by atoms with Crippen LogP contribution >= 0.6 is 0 Å². The van der Waals surface area contributed by atoms with Gasteiger partial charge >= 0.3 is 6.03 Å². The van der Waals surface area contributed by atoms with Crippen molar-refractivity contribution < 1.29 is 24.3 Å². The molecule has 4 amide bonds. The minimum absolute atomic E-state index is 0.0246. The van der Waals surface area contributed by atoms with Crippen LogP contribution in [0.15, 0.2) is 18.6 Å². The first-order chi connectivity index (χ1) is 15.2. The highest BCUT2D eigenvalue weighted by Crippen LogP contribution is 2.52. The molecule has 3 rings (SSSR count). The zero-order chi connectivity index (χ0) is 23.7. The number of nitrogens with zero attached hydrogens (tertiary/aromatic N) is 3. The van der Waals surface area contributed by atoms with Gasteiger partial charge in [0, 0.05) is 24.5 Å². The predicted molar refractivity (Wildman–Crippen MR) is 115 cm³/mol. The van der Waals surface area contributed by atoms with E-state index in [1.165, 1.54) is 0 Å². The van der Waals surface area contributed by atoms with Crippen LogP contribution < -0.4 is 16.4 Å². The van der Waals surface area contributed by atoms with Crippen LogP contribution in [-0.2, 0) is 20.9 Å². The number of fused-ring (bicyclic) bond motifs is 2. The Labute approximate surface area is 187 Å². The van der Waals surface area contributed by atoms with Gasteiger partial charge in [-0.25, -0.2) is 4.79 Å². The minimum atomic E-state index is -0.724. The van der Waals surface area contributed by atoms with E-state index in [2.05, 4.69) is 34.4 Å². The zero-order valence-electron chi connectivity index (χ0n) is 18.5. The van der Waals surface area contributed by atoms with Crippen LogP contribution in [0.3, 0.4) is 0 Å². The highest BCUT2D eigenvalue weighted by molar-refractivity contribution is 5.88. The standard InChI is InChI=1S/C20H30N6O3.CH2O2/c1-13(2)5-6-20(18(28)24-11-14-10-22-7-8-23-14)9-15-3-4-16(20)26(15)17(27)12-25-19(21)29;2-1-3/h7-8,10,13,15-16H,3-6,9,11-12H2,1-2H3,(H,24,28)(H3,21,25,29);1H,(H,2,3)/t15-,16+,20+;/m1./s1. The molecular weight excluding hydrogens is 416 g/mol. The molecule has 1 aromatic rings. The van der Waals surface area contributed by atoms with Gasteiger partial charge in [0.1, 0.15) is 0 Å². The third-order valence-electron chi connectivity index (χ3n) is 6.11. The first kappa shape index (κ1) is 25.0. The van der Waals surface area contributed by atoms with Gasteiger partial charge in [-0.2, -0.15) is 0 Å². The van der Waals surface area contributed by atoms with Crippen molar-refractivity contribution in [2.45, 2.75) is 64.6 Å². The average Bonchev–Trinajstić information content (AvgIpc) is 3.32. The molecule has 2 aliphatic rings. The van der Waals surface area contributed by atoms with Gasteiger partial charge in [-0.1, -0.05) is 13.8 Å². The topological polar surface area (TPSA) is 168 Å². The highest BCUT2D eigenvalue weighted by atomic mass is 16.3. The number of hydrogen-bond donors (Lipinski definition) is 4. The number of amides is 4. The summed E-state index contributed by atoms with van der Waals surface area (Å²) in [5.74, 6) is 0.251. The third kappa shape index (κ3) is 5.92. The number of carboxylic acid groups (broad SMARTS) is 1. The SMILES string of the molecule is CC(C)CC[C@]1(C(=O)NCc2cnccn2)C[C@H]2CC[C@@H]1N2C(=O)CNC(N)=O.O=CO. The number of carbonyl (C=O) groups is 4. The summed E-state index contributed by atoms with van der Waals surface area (Å²) >= 11 is 0. The van der Waals surface area contributed by atoms with Gasteiger partial charge in [0.2, 0.25) is 11.8 Å². The Kier molecular flexibility index (Phi) is 8.91. The smallest absolute Gasteiger partial charge is 0.312 e. The Morgan fingerprint density at radius 3 is 2.62 bits per heavy atom. The molecular formula is C21H32N6O5. The molecule has 5 N–H and O–H groups in total. The van der Waals surface area contributed by atoms with E-state index in [9.17, 15) is 14.4 Å². The van der Waals surface area contributed by atoms with Crippen molar-refractivity contribution in [2.75, 3.05) is 6.54 Å². The van der Waals surface area contributed by atoms with Crippen LogP contribution in [0.1, 0.15) is 51.6 Å². The second-order valence-electron chi connectivity index (χ2n) is 8.54. The van der Waals surface area contributed by atoms with Crippen molar-refractivity contribution >= 4 is 24.3 Å². The predicted octanol–water partition coefficient (Wildman–Crippen LogP) is 0.648. The van der Waals surface area contributed by atoms with E-state index in [1.54, 1.807) is 18.6 Å². The molecule has 3 atom stereocenters. The first-order valence-corrected chi connectivity index (χ1v) is 10.7. The lowest BCUT2D eigenvalue weighted by molar-refractivity contribution is -0.137. The highest BCUT2D eigenvalue weighted by Gasteiger charge is 2.60. The van der Waals surface area contributed by atoms with Gasteiger partial charge in [-0.3, -0.25) is 24.4 Å².